The van der Waals surface area contributed by atoms with Crippen LogP contribution in [0.1, 0.15) is 19.6 Å². The van der Waals surface area contributed by atoms with Gasteiger partial charge in [-0.15, -0.1) is 0 Å². The van der Waals surface area contributed by atoms with E-state index in [2.05, 4.69) is 0 Å². The van der Waals surface area contributed by atoms with Crippen LogP contribution in [0.25, 0.3) is 0 Å². The Hall–Kier alpha value is -1.95. The van der Waals surface area contributed by atoms with Gasteiger partial charge in [0.05, 0.1) is 19.5 Å². The third-order valence-corrected chi connectivity index (χ3v) is 2.64. The van der Waals surface area contributed by atoms with Crippen LogP contribution in [0.3, 0.4) is 0 Å². The van der Waals surface area contributed by atoms with Crippen LogP contribution >= 0.6 is 0 Å². The van der Waals surface area contributed by atoms with Gasteiger partial charge in [0.2, 0.25) is 5.76 Å². The molecule has 1 aliphatic heterocycles. The molecular weight excluding hydrogens is 252 g/mol. The standard InChI is InChI=1S/C13H16O6/c1-4-16-10-11(17-5-2)13(15-3,19-12(10)14)9-7-6-8-18-9/h6-8H,4-5H2,1-3H3. The van der Waals surface area contributed by atoms with Crippen molar-refractivity contribution in [3.8, 4) is 0 Å². The fraction of sp³-hybridized carbons (Fsp3) is 0.462. The van der Waals surface area contributed by atoms with E-state index in [0.29, 0.717) is 19.0 Å². The number of furan rings is 1. The topological polar surface area (TPSA) is 67.1 Å². The van der Waals surface area contributed by atoms with Crippen LogP contribution < -0.4 is 0 Å². The van der Waals surface area contributed by atoms with Gasteiger partial charge in [-0.05, 0) is 26.0 Å². The van der Waals surface area contributed by atoms with Gasteiger partial charge in [0, 0.05) is 7.11 Å². The lowest BCUT2D eigenvalue weighted by atomic mass is 10.1. The highest BCUT2D eigenvalue weighted by molar-refractivity contribution is 5.90. The molecule has 0 amide bonds. The minimum Gasteiger partial charge on any atom is -0.488 e. The van der Waals surface area contributed by atoms with Crippen LogP contribution in [0.15, 0.2) is 34.3 Å². The fourth-order valence-electron chi connectivity index (χ4n) is 1.90. The molecule has 0 saturated heterocycles. The summed E-state index contributed by atoms with van der Waals surface area (Å²) in [6.45, 7) is 4.22. The molecule has 0 N–H and O–H groups in total. The Balaban J connectivity index is 2.52. The highest BCUT2D eigenvalue weighted by atomic mass is 16.8. The smallest absolute Gasteiger partial charge is 0.380 e. The molecule has 19 heavy (non-hydrogen) atoms. The van der Waals surface area contributed by atoms with E-state index in [0.717, 1.165) is 0 Å². The van der Waals surface area contributed by atoms with Crippen molar-refractivity contribution < 1.29 is 28.2 Å². The van der Waals surface area contributed by atoms with Crippen LogP contribution in [0.2, 0.25) is 0 Å². The Morgan fingerprint density at radius 2 is 2.00 bits per heavy atom. The van der Waals surface area contributed by atoms with E-state index in [1.807, 2.05) is 0 Å². The Kier molecular flexibility index (Phi) is 3.80. The number of methoxy groups -OCH3 is 1. The zero-order chi connectivity index (χ0) is 13.9. The van der Waals surface area contributed by atoms with Crippen molar-refractivity contribution in [1.82, 2.24) is 0 Å². The van der Waals surface area contributed by atoms with Gasteiger partial charge in [-0.2, -0.15) is 0 Å². The highest BCUT2D eigenvalue weighted by Crippen LogP contribution is 2.43. The molecule has 1 atom stereocenters. The molecule has 6 nitrogen and oxygen atoms in total. The lowest BCUT2D eigenvalue weighted by molar-refractivity contribution is -0.217. The zero-order valence-electron chi connectivity index (χ0n) is 11.1. The van der Waals surface area contributed by atoms with E-state index in [9.17, 15) is 4.79 Å². The van der Waals surface area contributed by atoms with E-state index >= 15 is 0 Å². The number of carbonyl (C=O) groups excluding carboxylic acids is 1. The lowest BCUT2D eigenvalue weighted by Gasteiger charge is -2.25. The molecule has 1 unspecified atom stereocenters. The molecule has 6 heteroatoms. The first kappa shape index (κ1) is 13.5. The second-order valence-electron chi connectivity index (χ2n) is 3.71. The van der Waals surface area contributed by atoms with Crippen molar-refractivity contribution in [2.24, 2.45) is 0 Å². The Morgan fingerprint density at radius 1 is 1.26 bits per heavy atom. The third kappa shape index (κ3) is 2.08. The molecule has 0 bridgehead atoms. The predicted molar refractivity (Wildman–Crippen MR) is 63.8 cm³/mol. The van der Waals surface area contributed by atoms with Crippen LogP contribution in [0.5, 0.6) is 0 Å². The average molecular weight is 268 g/mol. The van der Waals surface area contributed by atoms with E-state index in [4.69, 9.17) is 23.4 Å². The molecular formula is C13H16O6. The Labute approximate surface area is 110 Å². The van der Waals surface area contributed by atoms with Crippen LogP contribution in [0.4, 0.5) is 0 Å². The summed E-state index contributed by atoms with van der Waals surface area (Å²) in [5.74, 6) is -1.63. The van der Waals surface area contributed by atoms with Gasteiger partial charge >= 0.3 is 11.8 Å². The molecule has 2 rings (SSSR count). The van der Waals surface area contributed by atoms with Crippen molar-refractivity contribution in [1.29, 1.82) is 0 Å². The lowest BCUT2D eigenvalue weighted by Crippen LogP contribution is -2.32. The largest absolute Gasteiger partial charge is 0.488 e. The molecule has 0 spiro atoms. The van der Waals surface area contributed by atoms with Gasteiger partial charge in [0.1, 0.15) is 0 Å². The van der Waals surface area contributed by atoms with Gasteiger partial charge < -0.3 is 23.4 Å². The zero-order valence-corrected chi connectivity index (χ0v) is 11.1. The van der Waals surface area contributed by atoms with E-state index < -0.39 is 11.8 Å². The number of rotatable bonds is 6. The maximum atomic E-state index is 11.9. The molecule has 0 saturated carbocycles. The van der Waals surface area contributed by atoms with Crippen molar-refractivity contribution in [3.05, 3.63) is 35.7 Å². The molecule has 0 aliphatic carbocycles. The maximum Gasteiger partial charge on any atom is 0.380 e. The van der Waals surface area contributed by atoms with E-state index in [1.54, 1.807) is 26.0 Å². The molecule has 2 heterocycles. The van der Waals surface area contributed by atoms with Gasteiger partial charge in [-0.3, -0.25) is 0 Å². The monoisotopic (exact) mass is 268 g/mol. The Bertz CT molecular complexity index is 475. The first-order valence-electron chi connectivity index (χ1n) is 6.02. The molecule has 1 aromatic rings. The normalized spacial score (nSPS) is 22.6. The van der Waals surface area contributed by atoms with E-state index in [1.165, 1.54) is 13.4 Å². The van der Waals surface area contributed by atoms with Gasteiger partial charge in [-0.25, -0.2) is 4.79 Å². The minimum absolute atomic E-state index is 0.0163. The van der Waals surface area contributed by atoms with E-state index in [-0.39, 0.29) is 11.5 Å². The van der Waals surface area contributed by atoms with Gasteiger partial charge in [0.15, 0.2) is 5.76 Å². The molecule has 104 valence electrons. The molecule has 1 aromatic heterocycles. The molecule has 0 fully saturated rings. The number of carbonyl (C=O) groups is 1. The summed E-state index contributed by atoms with van der Waals surface area (Å²) in [7, 11) is 1.41. The number of esters is 1. The summed E-state index contributed by atoms with van der Waals surface area (Å²) in [4.78, 5) is 11.9. The SMILES string of the molecule is CCOC1=C(OCC)C(OC)(c2ccco2)OC1=O. The highest BCUT2D eigenvalue weighted by Gasteiger charge is 2.55. The summed E-state index contributed by atoms with van der Waals surface area (Å²) < 4.78 is 26.7. The molecule has 0 aromatic carbocycles. The third-order valence-electron chi connectivity index (χ3n) is 2.64. The summed E-state index contributed by atoms with van der Waals surface area (Å²) in [6.07, 6.45) is 1.46. The Morgan fingerprint density at radius 3 is 2.53 bits per heavy atom. The fourth-order valence-corrected chi connectivity index (χ4v) is 1.90. The van der Waals surface area contributed by atoms with Crippen LogP contribution in [-0.4, -0.2) is 26.3 Å². The average Bonchev–Trinajstić information content (AvgIpc) is 3.01. The summed E-state index contributed by atoms with van der Waals surface area (Å²) in [6, 6.07) is 3.32. The molecule has 1 aliphatic rings. The second-order valence-corrected chi connectivity index (χ2v) is 3.71. The number of ether oxygens (including phenoxy) is 4. The van der Waals surface area contributed by atoms with Crippen molar-refractivity contribution in [2.75, 3.05) is 20.3 Å². The van der Waals surface area contributed by atoms with Gasteiger partial charge in [0.25, 0.3) is 5.76 Å². The predicted octanol–water partition coefficient (Wildman–Crippen LogP) is 1.92. The summed E-state index contributed by atoms with van der Waals surface area (Å²) in [5.41, 5.74) is 0. The van der Waals surface area contributed by atoms with Crippen molar-refractivity contribution >= 4 is 5.97 Å². The quantitative estimate of drug-likeness (QED) is 0.734. The number of cyclic esters (lactones) is 1. The van der Waals surface area contributed by atoms with Crippen LogP contribution in [-0.2, 0) is 29.5 Å². The van der Waals surface area contributed by atoms with Gasteiger partial charge in [-0.1, -0.05) is 0 Å². The first-order valence-corrected chi connectivity index (χ1v) is 6.02. The van der Waals surface area contributed by atoms with Crippen molar-refractivity contribution in [2.45, 2.75) is 19.6 Å². The second kappa shape index (κ2) is 5.36. The summed E-state index contributed by atoms with van der Waals surface area (Å²) >= 11 is 0. The minimum atomic E-state index is -1.51. The van der Waals surface area contributed by atoms with Crippen molar-refractivity contribution in [3.63, 3.8) is 0 Å². The number of hydrogen-bond acceptors (Lipinski definition) is 6. The maximum absolute atomic E-state index is 11.9. The van der Waals surface area contributed by atoms with Crippen LogP contribution in [0, 0.1) is 0 Å². The first-order chi connectivity index (χ1) is 9.19. The molecule has 0 radical (unpaired) electrons. The number of hydrogen-bond donors (Lipinski definition) is 0. The summed E-state index contributed by atoms with van der Waals surface area (Å²) in [5, 5.41) is 0.